The number of likely N-dealkylation sites (N-methyl/N-ethyl adjacent to an activating group) is 1. The second kappa shape index (κ2) is 57.4. The Labute approximate surface area is 470 Å². The van der Waals surface area contributed by atoms with Crippen molar-refractivity contribution in [2.45, 2.75) is 302 Å². The fourth-order valence-electron chi connectivity index (χ4n) is 9.05. The second-order valence-electron chi connectivity index (χ2n) is 22.8. The van der Waals surface area contributed by atoms with Crippen molar-refractivity contribution in [2.75, 3.05) is 47.5 Å². The SMILES string of the molecule is CCCCCCC/C=C\C/C=C\C/C=C\CCCCCCCCCCCCCCCCCCC(=O)OC(COC(=O)CCCCCCCCCCC/C=C\C/C=C\CCCCCCC)COP(=O)(O)OCC[N+](C)(C)C. The molecule has 0 aliphatic carbocycles. The first-order valence-electron chi connectivity index (χ1n) is 32.0. The van der Waals surface area contributed by atoms with Crippen LogP contribution in [0.1, 0.15) is 296 Å². The van der Waals surface area contributed by atoms with E-state index in [0.717, 1.165) is 51.4 Å². The van der Waals surface area contributed by atoms with Crippen LogP contribution in [0.4, 0.5) is 0 Å². The number of unbranched alkanes of at least 4 members (excludes halogenated alkanes) is 35. The van der Waals surface area contributed by atoms with Crippen molar-refractivity contribution in [3.8, 4) is 0 Å². The van der Waals surface area contributed by atoms with Gasteiger partial charge in [0.1, 0.15) is 19.8 Å². The minimum absolute atomic E-state index is 0.0305. The molecule has 0 spiro atoms. The Morgan fingerprint density at radius 1 is 0.408 bits per heavy atom. The molecule has 76 heavy (non-hydrogen) atoms. The Hall–Kier alpha value is -2.29. The summed E-state index contributed by atoms with van der Waals surface area (Å²) in [4.78, 5) is 35.8. The van der Waals surface area contributed by atoms with E-state index in [1.165, 1.54) is 212 Å². The molecule has 0 aromatic carbocycles. The smallest absolute Gasteiger partial charge is 0.462 e. The van der Waals surface area contributed by atoms with Gasteiger partial charge in [0.15, 0.2) is 6.10 Å². The highest BCUT2D eigenvalue weighted by Crippen LogP contribution is 2.43. The van der Waals surface area contributed by atoms with Crippen LogP contribution < -0.4 is 0 Å². The lowest BCUT2D eigenvalue weighted by Gasteiger charge is -2.24. The third-order valence-electron chi connectivity index (χ3n) is 14.0. The molecular formula is C66H123NO8P+. The van der Waals surface area contributed by atoms with E-state index in [9.17, 15) is 19.0 Å². The van der Waals surface area contributed by atoms with Crippen LogP contribution >= 0.6 is 7.82 Å². The van der Waals surface area contributed by atoms with Crippen molar-refractivity contribution in [1.82, 2.24) is 0 Å². The average Bonchev–Trinajstić information content (AvgIpc) is 3.38. The van der Waals surface area contributed by atoms with Gasteiger partial charge in [-0.3, -0.25) is 18.6 Å². The van der Waals surface area contributed by atoms with Crippen molar-refractivity contribution in [3.63, 3.8) is 0 Å². The van der Waals surface area contributed by atoms with Crippen LogP contribution in [0, 0.1) is 0 Å². The summed E-state index contributed by atoms with van der Waals surface area (Å²) in [6.45, 7) is 4.44. The molecule has 0 aromatic heterocycles. The number of esters is 2. The number of rotatable bonds is 59. The molecule has 0 saturated carbocycles. The summed E-state index contributed by atoms with van der Waals surface area (Å²) in [5.41, 5.74) is 0. The normalized spacial score (nSPS) is 13.6. The molecule has 2 unspecified atom stereocenters. The number of phosphoric acid groups is 1. The zero-order valence-electron chi connectivity index (χ0n) is 50.5. The molecule has 0 fully saturated rings. The molecule has 444 valence electrons. The van der Waals surface area contributed by atoms with E-state index in [4.69, 9.17) is 18.5 Å². The number of hydrogen-bond acceptors (Lipinski definition) is 7. The lowest BCUT2D eigenvalue weighted by molar-refractivity contribution is -0.870. The van der Waals surface area contributed by atoms with Gasteiger partial charge >= 0.3 is 19.8 Å². The third kappa shape index (κ3) is 60.9. The predicted molar refractivity (Wildman–Crippen MR) is 326 cm³/mol. The van der Waals surface area contributed by atoms with Gasteiger partial charge in [-0.05, 0) is 83.5 Å². The lowest BCUT2D eigenvalue weighted by Crippen LogP contribution is -2.37. The van der Waals surface area contributed by atoms with Gasteiger partial charge in [-0.15, -0.1) is 0 Å². The van der Waals surface area contributed by atoms with Gasteiger partial charge in [-0.25, -0.2) is 4.57 Å². The molecule has 2 atom stereocenters. The molecule has 0 aromatic rings. The van der Waals surface area contributed by atoms with Gasteiger partial charge in [0.25, 0.3) is 0 Å². The maximum Gasteiger partial charge on any atom is 0.472 e. The summed E-state index contributed by atoms with van der Waals surface area (Å²) in [7, 11) is 1.48. The van der Waals surface area contributed by atoms with E-state index in [1.54, 1.807) is 0 Å². The summed E-state index contributed by atoms with van der Waals surface area (Å²) in [5.74, 6) is -0.793. The molecule has 0 heterocycles. The Bertz CT molecular complexity index is 1470. The fourth-order valence-corrected chi connectivity index (χ4v) is 9.80. The third-order valence-corrected chi connectivity index (χ3v) is 15.0. The first-order chi connectivity index (χ1) is 37.0. The highest BCUT2D eigenvalue weighted by molar-refractivity contribution is 7.47. The molecule has 0 bridgehead atoms. The van der Waals surface area contributed by atoms with Crippen LogP contribution in [0.2, 0.25) is 0 Å². The molecule has 0 saturated heterocycles. The molecule has 9 nitrogen and oxygen atoms in total. The first kappa shape index (κ1) is 73.7. The summed E-state index contributed by atoms with van der Waals surface area (Å²) >= 11 is 0. The number of carbonyl (C=O) groups excluding carboxylic acids is 2. The van der Waals surface area contributed by atoms with E-state index in [-0.39, 0.29) is 32.0 Å². The average molecular weight is 1090 g/mol. The van der Waals surface area contributed by atoms with Crippen molar-refractivity contribution in [2.24, 2.45) is 0 Å². The van der Waals surface area contributed by atoms with Crippen LogP contribution in [0.5, 0.6) is 0 Å². The van der Waals surface area contributed by atoms with Crippen LogP contribution in [-0.4, -0.2) is 74.9 Å². The molecule has 0 aliphatic heterocycles. The largest absolute Gasteiger partial charge is 0.472 e. The van der Waals surface area contributed by atoms with E-state index in [2.05, 4.69) is 74.6 Å². The zero-order chi connectivity index (χ0) is 55.6. The molecule has 10 heteroatoms. The van der Waals surface area contributed by atoms with Crippen LogP contribution in [0.3, 0.4) is 0 Å². The summed E-state index contributed by atoms with van der Waals surface area (Å²) in [6.07, 6.45) is 74.4. The molecule has 0 rings (SSSR count). The molecule has 1 N–H and O–H groups in total. The number of allylic oxidation sites excluding steroid dienone is 10. The zero-order valence-corrected chi connectivity index (χ0v) is 51.4. The Morgan fingerprint density at radius 3 is 1.05 bits per heavy atom. The second-order valence-corrected chi connectivity index (χ2v) is 24.2. The highest BCUT2D eigenvalue weighted by Gasteiger charge is 2.27. The van der Waals surface area contributed by atoms with Gasteiger partial charge < -0.3 is 18.9 Å². The van der Waals surface area contributed by atoms with Crippen molar-refractivity contribution >= 4 is 19.8 Å². The van der Waals surface area contributed by atoms with Crippen LogP contribution in [0.15, 0.2) is 60.8 Å². The Kier molecular flexibility index (Phi) is 55.7. The minimum Gasteiger partial charge on any atom is -0.462 e. The quantitative estimate of drug-likeness (QED) is 0.0211. The van der Waals surface area contributed by atoms with E-state index >= 15 is 0 Å². The van der Waals surface area contributed by atoms with Crippen molar-refractivity contribution in [3.05, 3.63) is 60.8 Å². The molecule has 0 aliphatic rings. The predicted octanol–water partition coefficient (Wildman–Crippen LogP) is 20.3. The van der Waals surface area contributed by atoms with Gasteiger partial charge in [0.2, 0.25) is 0 Å². The van der Waals surface area contributed by atoms with Crippen LogP contribution in [0.25, 0.3) is 0 Å². The van der Waals surface area contributed by atoms with Gasteiger partial charge in [0, 0.05) is 12.8 Å². The monoisotopic (exact) mass is 1090 g/mol. The number of ether oxygens (including phenoxy) is 2. The Balaban J connectivity index is 4.08. The van der Waals surface area contributed by atoms with Gasteiger partial charge in [-0.1, -0.05) is 261 Å². The van der Waals surface area contributed by atoms with Crippen molar-refractivity contribution in [1.29, 1.82) is 0 Å². The van der Waals surface area contributed by atoms with Crippen LogP contribution in [-0.2, 0) is 32.7 Å². The van der Waals surface area contributed by atoms with E-state index in [0.29, 0.717) is 17.4 Å². The Morgan fingerprint density at radius 2 is 0.711 bits per heavy atom. The molecular weight excluding hydrogens is 966 g/mol. The molecule has 0 amide bonds. The number of carbonyl (C=O) groups is 2. The van der Waals surface area contributed by atoms with E-state index < -0.39 is 26.5 Å². The maximum absolute atomic E-state index is 12.8. The minimum atomic E-state index is -4.39. The number of phosphoric ester groups is 1. The van der Waals surface area contributed by atoms with Gasteiger partial charge in [-0.2, -0.15) is 0 Å². The molecule has 0 radical (unpaired) electrons. The standard InChI is InChI=1S/C66H122NO8P/c1-6-8-10-12-14-16-18-20-22-24-26-28-29-30-31-32-33-34-35-36-37-39-41-43-45-47-49-51-53-55-57-59-66(69)75-64(63-74-76(70,71)73-61-60-67(3,4)5)62-72-65(68)58-56-54-52-50-48-46-44-42-40-38-27-25-23-21-19-17-15-13-11-9-7-2/h18-21,24-27,29-30,64H,6-17,22-23,28,31-63H2,1-5H3/p+1/b20-18-,21-19-,26-24-,27-25-,30-29-. The summed E-state index contributed by atoms with van der Waals surface area (Å²) in [5, 5.41) is 0. The van der Waals surface area contributed by atoms with E-state index in [1.807, 2.05) is 21.1 Å². The lowest BCUT2D eigenvalue weighted by atomic mass is 10.0. The number of quaternary nitrogens is 1. The topological polar surface area (TPSA) is 108 Å². The van der Waals surface area contributed by atoms with Gasteiger partial charge in [0.05, 0.1) is 27.7 Å². The summed E-state index contributed by atoms with van der Waals surface area (Å²) < 4.78 is 34.6. The fraction of sp³-hybridized carbons (Fsp3) is 0.818. The number of nitrogens with zero attached hydrogens (tertiary/aromatic N) is 1. The highest BCUT2D eigenvalue weighted by atomic mass is 31.2. The maximum atomic E-state index is 12.8. The first-order valence-corrected chi connectivity index (χ1v) is 33.5. The van der Waals surface area contributed by atoms with Crippen molar-refractivity contribution < 1.29 is 42.1 Å². The summed E-state index contributed by atoms with van der Waals surface area (Å²) in [6, 6.07) is 0. The number of hydrogen-bond donors (Lipinski definition) is 1.